The molecule has 0 saturated carbocycles. The van der Waals surface area contributed by atoms with Gasteiger partial charge in [0.15, 0.2) is 11.5 Å². The molecule has 0 bridgehead atoms. The molecule has 3 aromatic heterocycles. The Morgan fingerprint density at radius 3 is 2.89 bits per heavy atom. The molecule has 3 heterocycles. The van der Waals surface area contributed by atoms with E-state index in [0.717, 1.165) is 5.82 Å². The Hall–Kier alpha value is -2.70. The minimum Gasteiger partial charge on any atom is -0.360 e. The maximum atomic E-state index is 12.0. The third-order valence-corrected chi connectivity index (χ3v) is 2.71. The lowest BCUT2D eigenvalue weighted by Gasteiger charge is -2.01. The SMILES string of the molecule is Cc1cc(NC(=O)c2ccn3c(C)nnc3c2)no1. The number of fused-ring (bicyclic) bond motifs is 1. The second-order valence-corrected chi connectivity index (χ2v) is 4.17. The number of carbonyl (C=O) groups is 1. The van der Waals surface area contributed by atoms with Gasteiger partial charge in [-0.15, -0.1) is 10.2 Å². The van der Waals surface area contributed by atoms with E-state index in [4.69, 9.17) is 4.52 Å². The van der Waals surface area contributed by atoms with Gasteiger partial charge in [-0.3, -0.25) is 9.20 Å². The molecule has 3 rings (SSSR count). The van der Waals surface area contributed by atoms with E-state index >= 15 is 0 Å². The van der Waals surface area contributed by atoms with E-state index in [1.165, 1.54) is 0 Å². The van der Waals surface area contributed by atoms with Gasteiger partial charge in [0.1, 0.15) is 11.6 Å². The van der Waals surface area contributed by atoms with Crippen molar-refractivity contribution in [3.8, 4) is 0 Å². The normalized spacial score (nSPS) is 10.8. The summed E-state index contributed by atoms with van der Waals surface area (Å²) < 4.78 is 6.69. The third kappa shape index (κ3) is 2.05. The van der Waals surface area contributed by atoms with Crippen LogP contribution in [0.3, 0.4) is 0 Å². The molecule has 0 aliphatic rings. The lowest BCUT2D eigenvalue weighted by atomic mass is 10.2. The third-order valence-electron chi connectivity index (χ3n) is 2.71. The minimum absolute atomic E-state index is 0.267. The monoisotopic (exact) mass is 257 g/mol. The molecule has 7 heteroatoms. The van der Waals surface area contributed by atoms with Gasteiger partial charge in [0, 0.05) is 17.8 Å². The standard InChI is InChI=1S/C12H11N5O2/c1-7-5-10(16-19-7)13-12(18)9-3-4-17-8(2)14-15-11(17)6-9/h3-6H,1-2H3,(H,13,16,18). The summed E-state index contributed by atoms with van der Waals surface area (Å²) in [7, 11) is 0. The van der Waals surface area contributed by atoms with Crippen LogP contribution < -0.4 is 5.32 Å². The number of anilines is 1. The summed E-state index contributed by atoms with van der Waals surface area (Å²) >= 11 is 0. The molecule has 0 fully saturated rings. The lowest BCUT2D eigenvalue weighted by molar-refractivity contribution is 0.102. The molecule has 19 heavy (non-hydrogen) atoms. The highest BCUT2D eigenvalue weighted by Crippen LogP contribution is 2.11. The summed E-state index contributed by atoms with van der Waals surface area (Å²) in [5, 5.41) is 14.3. The van der Waals surface area contributed by atoms with E-state index in [1.54, 1.807) is 35.7 Å². The van der Waals surface area contributed by atoms with Gasteiger partial charge in [-0.2, -0.15) is 0 Å². The van der Waals surface area contributed by atoms with Crippen LogP contribution in [0.1, 0.15) is 21.9 Å². The summed E-state index contributed by atoms with van der Waals surface area (Å²) in [6, 6.07) is 5.02. The summed E-state index contributed by atoms with van der Waals surface area (Å²) in [6.07, 6.45) is 1.76. The maximum Gasteiger partial charge on any atom is 0.257 e. The number of carbonyl (C=O) groups excluding carboxylic acids is 1. The second-order valence-electron chi connectivity index (χ2n) is 4.17. The first-order valence-electron chi connectivity index (χ1n) is 5.69. The lowest BCUT2D eigenvalue weighted by Crippen LogP contribution is -2.12. The molecule has 0 radical (unpaired) electrons. The predicted octanol–water partition coefficient (Wildman–Crippen LogP) is 1.59. The number of amides is 1. The van der Waals surface area contributed by atoms with E-state index in [1.807, 2.05) is 6.92 Å². The highest BCUT2D eigenvalue weighted by atomic mass is 16.5. The average Bonchev–Trinajstić information content (AvgIpc) is 2.96. The molecule has 0 aromatic carbocycles. The van der Waals surface area contributed by atoms with E-state index < -0.39 is 0 Å². The van der Waals surface area contributed by atoms with Crippen molar-refractivity contribution in [3.63, 3.8) is 0 Å². The summed E-state index contributed by atoms with van der Waals surface area (Å²) in [5.74, 6) is 1.53. The predicted molar refractivity (Wildman–Crippen MR) is 66.9 cm³/mol. The number of pyridine rings is 1. The zero-order valence-electron chi connectivity index (χ0n) is 10.4. The van der Waals surface area contributed by atoms with Crippen molar-refractivity contribution in [2.75, 3.05) is 5.32 Å². The summed E-state index contributed by atoms with van der Waals surface area (Å²) in [6.45, 7) is 3.60. The topological polar surface area (TPSA) is 85.3 Å². The largest absolute Gasteiger partial charge is 0.360 e. The molecular formula is C12H11N5O2. The molecule has 3 aromatic rings. The van der Waals surface area contributed by atoms with Crippen molar-refractivity contribution >= 4 is 17.4 Å². The first-order chi connectivity index (χ1) is 9.13. The number of hydrogen-bond donors (Lipinski definition) is 1. The molecule has 0 unspecified atom stereocenters. The van der Waals surface area contributed by atoms with Gasteiger partial charge in [0.2, 0.25) is 0 Å². The van der Waals surface area contributed by atoms with E-state index in [2.05, 4.69) is 20.7 Å². The zero-order valence-corrected chi connectivity index (χ0v) is 10.4. The molecule has 7 nitrogen and oxygen atoms in total. The van der Waals surface area contributed by atoms with E-state index in [0.29, 0.717) is 22.8 Å². The van der Waals surface area contributed by atoms with E-state index in [9.17, 15) is 4.79 Å². The number of aromatic nitrogens is 4. The van der Waals surface area contributed by atoms with Crippen LogP contribution in [0.15, 0.2) is 28.9 Å². The molecule has 0 atom stereocenters. The molecule has 0 spiro atoms. The van der Waals surface area contributed by atoms with Crippen molar-refractivity contribution in [2.24, 2.45) is 0 Å². The van der Waals surface area contributed by atoms with Crippen LogP contribution in [0.25, 0.3) is 5.65 Å². The van der Waals surface area contributed by atoms with Crippen molar-refractivity contribution < 1.29 is 9.32 Å². The smallest absolute Gasteiger partial charge is 0.257 e. The Morgan fingerprint density at radius 1 is 1.32 bits per heavy atom. The number of rotatable bonds is 2. The van der Waals surface area contributed by atoms with Crippen molar-refractivity contribution in [1.29, 1.82) is 0 Å². The van der Waals surface area contributed by atoms with Crippen LogP contribution in [0.5, 0.6) is 0 Å². The number of hydrogen-bond acceptors (Lipinski definition) is 5. The van der Waals surface area contributed by atoms with Gasteiger partial charge in [-0.25, -0.2) is 0 Å². The molecule has 1 amide bonds. The van der Waals surface area contributed by atoms with Crippen molar-refractivity contribution in [2.45, 2.75) is 13.8 Å². The quantitative estimate of drug-likeness (QED) is 0.753. The van der Waals surface area contributed by atoms with Crippen LogP contribution in [-0.4, -0.2) is 25.7 Å². The number of nitrogens with zero attached hydrogens (tertiary/aromatic N) is 4. The van der Waals surface area contributed by atoms with Crippen LogP contribution in [-0.2, 0) is 0 Å². The van der Waals surface area contributed by atoms with Gasteiger partial charge >= 0.3 is 0 Å². The fourth-order valence-corrected chi connectivity index (χ4v) is 1.77. The van der Waals surface area contributed by atoms with Gasteiger partial charge < -0.3 is 9.84 Å². The van der Waals surface area contributed by atoms with Gasteiger partial charge in [-0.05, 0) is 26.0 Å². The van der Waals surface area contributed by atoms with Gasteiger partial charge in [-0.1, -0.05) is 5.16 Å². The highest BCUT2D eigenvalue weighted by Gasteiger charge is 2.10. The Labute approximate surface area is 108 Å². The molecule has 0 aliphatic heterocycles. The van der Waals surface area contributed by atoms with Crippen LogP contribution in [0.2, 0.25) is 0 Å². The zero-order chi connectivity index (χ0) is 13.4. The van der Waals surface area contributed by atoms with Crippen molar-refractivity contribution in [3.05, 3.63) is 41.5 Å². The Bertz CT molecular complexity index is 758. The molecule has 1 N–H and O–H groups in total. The first-order valence-corrected chi connectivity index (χ1v) is 5.69. The first kappa shape index (κ1) is 11.4. The van der Waals surface area contributed by atoms with Crippen molar-refractivity contribution in [1.82, 2.24) is 19.8 Å². The molecule has 0 saturated heterocycles. The number of nitrogens with one attached hydrogen (secondary N) is 1. The highest BCUT2D eigenvalue weighted by molar-refractivity contribution is 6.04. The van der Waals surface area contributed by atoms with E-state index in [-0.39, 0.29) is 5.91 Å². The fourth-order valence-electron chi connectivity index (χ4n) is 1.77. The average molecular weight is 257 g/mol. The molecule has 96 valence electrons. The maximum absolute atomic E-state index is 12.0. The van der Waals surface area contributed by atoms with Crippen LogP contribution in [0.4, 0.5) is 5.82 Å². The van der Waals surface area contributed by atoms with Crippen LogP contribution in [0, 0.1) is 13.8 Å². The minimum atomic E-state index is -0.267. The summed E-state index contributed by atoms with van der Waals surface area (Å²) in [5.41, 5.74) is 1.11. The Balaban J connectivity index is 1.89. The Morgan fingerprint density at radius 2 is 2.16 bits per heavy atom. The molecule has 0 aliphatic carbocycles. The Kier molecular flexibility index (Phi) is 2.52. The molecular weight excluding hydrogens is 246 g/mol. The summed E-state index contributed by atoms with van der Waals surface area (Å²) in [4.78, 5) is 12.0. The fraction of sp³-hybridized carbons (Fsp3) is 0.167. The van der Waals surface area contributed by atoms with Gasteiger partial charge in [0.05, 0.1) is 0 Å². The van der Waals surface area contributed by atoms with Crippen LogP contribution >= 0.6 is 0 Å². The second kappa shape index (κ2) is 4.20. The number of aryl methyl sites for hydroxylation is 2. The van der Waals surface area contributed by atoms with Gasteiger partial charge in [0.25, 0.3) is 5.91 Å².